The summed E-state index contributed by atoms with van der Waals surface area (Å²) >= 11 is 9.19. The molecule has 0 saturated carbocycles. The zero-order valence-electron chi connectivity index (χ0n) is 7.42. The SMILES string of the molecule is C[C@H](Nc1cccc(Br)c1Cl)C(=O)O. The molecule has 1 atom stereocenters. The van der Waals surface area contributed by atoms with Gasteiger partial charge < -0.3 is 10.4 Å². The van der Waals surface area contributed by atoms with Crippen molar-refractivity contribution in [3.8, 4) is 0 Å². The smallest absolute Gasteiger partial charge is 0.325 e. The number of benzene rings is 1. The quantitative estimate of drug-likeness (QED) is 0.893. The van der Waals surface area contributed by atoms with Crippen molar-refractivity contribution in [3.63, 3.8) is 0 Å². The minimum Gasteiger partial charge on any atom is -0.480 e. The van der Waals surface area contributed by atoms with Crippen LogP contribution in [0.1, 0.15) is 6.92 Å². The molecule has 3 nitrogen and oxygen atoms in total. The fraction of sp³-hybridized carbons (Fsp3) is 0.222. The summed E-state index contributed by atoms with van der Waals surface area (Å²) in [5, 5.41) is 12.0. The molecule has 0 aliphatic carbocycles. The molecule has 0 aliphatic heterocycles. The van der Waals surface area contributed by atoms with Crippen molar-refractivity contribution in [2.24, 2.45) is 0 Å². The largest absolute Gasteiger partial charge is 0.480 e. The molecule has 14 heavy (non-hydrogen) atoms. The van der Waals surface area contributed by atoms with Crippen LogP contribution >= 0.6 is 27.5 Å². The fourth-order valence-corrected chi connectivity index (χ4v) is 1.46. The number of carbonyl (C=O) groups is 1. The lowest BCUT2D eigenvalue weighted by atomic mass is 10.2. The first-order valence-electron chi connectivity index (χ1n) is 3.95. The Hall–Kier alpha value is -0.740. The Morgan fingerprint density at radius 2 is 2.29 bits per heavy atom. The van der Waals surface area contributed by atoms with Crippen LogP contribution in [0.15, 0.2) is 22.7 Å². The lowest BCUT2D eigenvalue weighted by Crippen LogP contribution is -2.25. The number of hydrogen-bond acceptors (Lipinski definition) is 2. The molecule has 0 radical (unpaired) electrons. The van der Waals surface area contributed by atoms with E-state index < -0.39 is 12.0 Å². The number of nitrogens with one attached hydrogen (secondary N) is 1. The Labute approximate surface area is 95.2 Å². The second-order valence-electron chi connectivity index (χ2n) is 2.81. The van der Waals surface area contributed by atoms with E-state index in [0.717, 1.165) is 4.47 Å². The standard InChI is InChI=1S/C9H9BrClNO2/c1-5(9(13)14)12-7-4-2-3-6(10)8(7)11/h2-5,12H,1H3,(H,13,14)/t5-/m0/s1. The summed E-state index contributed by atoms with van der Waals surface area (Å²) in [6.45, 7) is 1.56. The van der Waals surface area contributed by atoms with Crippen LogP contribution in [0.5, 0.6) is 0 Å². The van der Waals surface area contributed by atoms with E-state index in [9.17, 15) is 4.79 Å². The number of aliphatic carboxylic acids is 1. The Balaban J connectivity index is 2.87. The molecule has 0 saturated heterocycles. The van der Waals surface area contributed by atoms with Crippen molar-refractivity contribution in [1.82, 2.24) is 0 Å². The van der Waals surface area contributed by atoms with E-state index in [-0.39, 0.29) is 0 Å². The highest BCUT2D eigenvalue weighted by atomic mass is 79.9. The van der Waals surface area contributed by atoms with Crippen molar-refractivity contribution in [2.75, 3.05) is 5.32 Å². The van der Waals surface area contributed by atoms with Crippen LogP contribution in [0.4, 0.5) is 5.69 Å². The first kappa shape index (κ1) is 11.3. The van der Waals surface area contributed by atoms with Crippen molar-refractivity contribution >= 4 is 39.2 Å². The molecule has 0 unspecified atom stereocenters. The van der Waals surface area contributed by atoms with Gasteiger partial charge in [0.1, 0.15) is 6.04 Å². The maximum atomic E-state index is 10.6. The van der Waals surface area contributed by atoms with Gasteiger partial charge in [-0.15, -0.1) is 0 Å². The van der Waals surface area contributed by atoms with E-state index in [1.807, 2.05) is 0 Å². The van der Waals surface area contributed by atoms with Crippen molar-refractivity contribution in [2.45, 2.75) is 13.0 Å². The predicted molar refractivity (Wildman–Crippen MR) is 59.9 cm³/mol. The number of anilines is 1. The van der Waals surface area contributed by atoms with Crippen molar-refractivity contribution in [1.29, 1.82) is 0 Å². The van der Waals surface area contributed by atoms with Crippen molar-refractivity contribution < 1.29 is 9.90 Å². The minimum absolute atomic E-state index is 0.487. The van der Waals surface area contributed by atoms with Gasteiger partial charge in [0.15, 0.2) is 0 Å². The molecule has 0 bridgehead atoms. The minimum atomic E-state index is -0.916. The fourth-order valence-electron chi connectivity index (χ4n) is 0.910. The van der Waals surface area contributed by atoms with Gasteiger partial charge in [-0.3, -0.25) is 4.79 Å². The summed E-state index contributed by atoms with van der Waals surface area (Å²) in [7, 11) is 0. The van der Waals surface area contributed by atoms with Gasteiger partial charge in [-0.2, -0.15) is 0 Å². The van der Waals surface area contributed by atoms with E-state index in [1.54, 1.807) is 25.1 Å². The molecule has 2 N–H and O–H groups in total. The van der Waals surface area contributed by atoms with Gasteiger partial charge in [-0.25, -0.2) is 0 Å². The Morgan fingerprint density at radius 1 is 1.64 bits per heavy atom. The molecule has 76 valence electrons. The number of carboxylic acids is 1. The average Bonchev–Trinajstić information content (AvgIpc) is 2.12. The normalized spacial score (nSPS) is 12.2. The van der Waals surface area contributed by atoms with Crippen LogP contribution in [0.2, 0.25) is 5.02 Å². The van der Waals surface area contributed by atoms with Gasteiger partial charge >= 0.3 is 5.97 Å². The number of hydrogen-bond donors (Lipinski definition) is 2. The molecule has 1 aromatic rings. The summed E-state index contributed by atoms with van der Waals surface area (Å²) in [5.41, 5.74) is 0.607. The van der Waals surface area contributed by atoms with Gasteiger partial charge in [0.05, 0.1) is 10.7 Å². The number of rotatable bonds is 3. The van der Waals surface area contributed by atoms with Gasteiger partial charge in [-0.1, -0.05) is 17.7 Å². The van der Waals surface area contributed by atoms with Gasteiger partial charge in [0.25, 0.3) is 0 Å². The zero-order valence-corrected chi connectivity index (χ0v) is 9.76. The molecular formula is C9H9BrClNO2. The monoisotopic (exact) mass is 277 g/mol. The Bertz CT molecular complexity index is 357. The third-order valence-corrected chi connectivity index (χ3v) is 2.99. The van der Waals surface area contributed by atoms with Gasteiger partial charge in [0, 0.05) is 4.47 Å². The second-order valence-corrected chi connectivity index (χ2v) is 4.04. The van der Waals surface area contributed by atoms with Crippen LogP contribution in [0, 0.1) is 0 Å². The molecule has 0 fully saturated rings. The highest BCUT2D eigenvalue weighted by Crippen LogP contribution is 2.30. The van der Waals surface area contributed by atoms with E-state index in [0.29, 0.717) is 10.7 Å². The van der Waals surface area contributed by atoms with Crippen LogP contribution in [0.25, 0.3) is 0 Å². The number of carboxylic acid groups (broad SMARTS) is 1. The molecule has 1 rings (SSSR count). The van der Waals surface area contributed by atoms with Crippen LogP contribution in [0.3, 0.4) is 0 Å². The summed E-state index contributed by atoms with van der Waals surface area (Å²) in [6.07, 6.45) is 0. The molecule has 1 aromatic carbocycles. The molecular weight excluding hydrogens is 269 g/mol. The summed E-state index contributed by atoms with van der Waals surface area (Å²) in [4.78, 5) is 10.6. The highest BCUT2D eigenvalue weighted by molar-refractivity contribution is 9.10. The van der Waals surface area contributed by atoms with Crippen LogP contribution < -0.4 is 5.32 Å². The maximum Gasteiger partial charge on any atom is 0.325 e. The van der Waals surface area contributed by atoms with E-state index in [1.165, 1.54) is 0 Å². The third kappa shape index (κ3) is 2.62. The van der Waals surface area contributed by atoms with Gasteiger partial charge in [-0.05, 0) is 35.0 Å². The molecule has 5 heteroatoms. The maximum absolute atomic E-state index is 10.6. The van der Waals surface area contributed by atoms with Crippen LogP contribution in [-0.2, 0) is 4.79 Å². The predicted octanol–water partition coefficient (Wildman–Crippen LogP) is 2.99. The highest BCUT2D eigenvalue weighted by Gasteiger charge is 2.12. The van der Waals surface area contributed by atoms with Gasteiger partial charge in [0.2, 0.25) is 0 Å². The molecule has 0 aromatic heterocycles. The summed E-state index contributed by atoms with van der Waals surface area (Å²) in [5.74, 6) is -0.916. The zero-order chi connectivity index (χ0) is 10.7. The lowest BCUT2D eigenvalue weighted by molar-refractivity contribution is -0.137. The topological polar surface area (TPSA) is 49.3 Å². The summed E-state index contributed by atoms with van der Waals surface area (Å²) in [6, 6.07) is 4.64. The van der Waals surface area contributed by atoms with E-state index in [4.69, 9.17) is 16.7 Å². The Morgan fingerprint density at radius 3 is 2.86 bits per heavy atom. The molecule has 0 aliphatic rings. The third-order valence-electron chi connectivity index (χ3n) is 1.69. The lowest BCUT2D eigenvalue weighted by Gasteiger charge is -2.12. The van der Waals surface area contributed by atoms with Crippen LogP contribution in [-0.4, -0.2) is 17.1 Å². The molecule has 0 heterocycles. The Kier molecular flexibility index (Phi) is 3.77. The first-order valence-corrected chi connectivity index (χ1v) is 5.13. The van der Waals surface area contributed by atoms with Crippen molar-refractivity contribution in [3.05, 3.63) is 27.7 Å². The van der Waals surface area contributed by atoms with E-state index in [2.05, 4.69) is 21.2 Å². The first-order chi connectivity index (χ1) is 6.52. The summed E-state index contributed by atoms with van der Waals surface area (Å²) < 4.78 is 0.738. The molecule has 0 amide bonds. The molecule has 0 spiro atoms. The second kappa shape index (κ2) is 4.66. The number of halogens is 2. The average molecular weight is 279 g/mol. The van der Waals surface area contributed by atoms with E-state index >= 15 is 0 Å².